The van der Waals surface area contributed by atoms with E-state index in [9.17, 15) is 9.59 Å². The normalized spacial score (nSPS) is 17.5. The topological polar surface area (TPSA) is 83.1 Å². The summed E-state index contributed by atoms with van der Waals surface area (Å²) in [5, 5.41) is 10.1. The summed E-state index contributed by atoms with van der Waals surface area (Å²) in [5.74, 6) is -0.461. The molecule has 1 unspecified atom stereocenters. The van der Waals surface area contributed by atoms with E-state index in [2.05, 4.69) is 4.99 Å². The number of rotatable bonds is 6. The van der Waals surface area contributed by atoms with E-state index in [1.54, 1.807) is 47.6 Å². The van der Waals surface area contributed by atoms with Gasteiger partial charge in [0, 0.05) is 0 Å². The first kappa shape index (κ1) is 21.5. The van der Waals surface area contributed by atoms with Crippen LogP contribution in [0.25, 0.3) is 0 Å². The van der Waals surface area contributed by atoms with Gasteiger partial charge < -0.3 is 9.52 Å². The van der Waals surface area contributed by atoms with Crippen LogP contribution >= 0.6 is 35.0 Å². The molecular weight excluding hydrogens is 459 g/mol. The van der Waals surface area contributed by atoms with Gasteiger partial charge in [-0.2, -0.15) is 0 Å². The first-order valence-corrected chi connectivity index (χ1v) is 10.9. The summed E-state index contributed by atoms with van der Waals surface area (Å²) in [4.78, 5) is 30.4. The highest BCUT2D eigenvalue weighted by Crippen LogP contribution is 2.34. The summed E-state index contributed by atoms with van der Waals surface area (Å²) in [7, 11) is 0. The molecule has 158 valence electrons. The van der Waals surface area contributed by atoms with Crippen LogP contribution in [0.1, 0.15) is 21.7 Å². The standard InChI is InChI=1S/C22H16Cl2N2O4S/c23-17-8-3-13(10-18(17)24)11-19-20(27)26(12-16-2-1-9-30-16)22(31-19)25-15-6-4-14(5-7-15)21(28)29/h1-10,19H,11-12H2,(H,28,29). The van der Waals surface area contributed by atoms with Crippen LogP contribution in [0.4, 0.5) is 5.69 Å². The van der Waals surface area contributed by atoms with Crippen molar-refractivity contribution >= 4 is 57.7 Å². The number of aromatic carboxylic acids is 1. The summed E-state index contributed by atoms with van der Waals surface area (Å²) in [5.41, 5.74) is 1.62. The number of amidine groups is 1. The molecule has 1 aliphatic rings. The Morgan fingerprint density at radius 1 is 1.13 bits per heavy atom. The molecule has 4 rings (SSSR count). The maximum Gasteiger partial charge on any atom is 0.335 e. The SMILES string of the molecule is O=C(O)c1ccc(N=C2SC(Cc3ccc(Cl)c(Cl)c3)C(=O)N2Cc2ccco2)cc1. The molecule has 1 fully saturated rings. The Labute approximate surface area is 192 Å². The number of amides is 1. The molecular formula is C22H16Cl2N2O4S. The second-order valence-corrected chi connectivity index (χ2v) is 8.79. The first-order chi connectivity index (χ1) is 14.9. The van der Waals surface area contributed by atoms with Crippen LogP contribution in [0, 0.1) is 0 Å². The van der Waals surface area contributed by atoms with Gasteiger partial charge in [0.15, 0.2) is 5.17 Å². The maximum atomic E-state index is 13.2. The molecule has 9 heteroatoms. The average Bonchev–Trinajstić information content (AvgIpc) is 3.36. The maximum absolute atomic E-state index is 13.2. The summed E-state index contributed by atoms with van der Waals surface area (Å²) in [6.07, 6.45) is 2.02. The fourth-order valence-corrected chi connectivity index (χ4v) is 4.62. The highest BCUT2D eigenvalue weighted by atomic mass is 35.5. The van der Waals surface area contributed by atoms with E-state index in [0.717, 1.165) is 5.56 Å². The molecule has 0 bridgehead atoms. The largest absolute Gasteiger partial charge is 0.478 e. The number of thioether (sulfide) groups is 1. The van der Waals surface area contributed by atoms with E-state index in [4.69, 9.17) is 32.7 Å². The average molecular weight is 475 g/mol. The minimum Gasteiger partial charge on any atom is -0.478 e. The predicted octanol–water partition coefficient (Wildman–Crippen LogP) is 5.66. The zero-order chi connectivity index (χ0) is 22.0. The minimum absolute atomic E-state index is 0.0895. The number of carboxylic acid groups (broad SMARTS) is 1. The van der Waals surface area contributed by atoms with Gasteiger partial charge in [0.2, 0.25) is 5.91 Å². The van der Waals surface area contributed by atoms with Crippen LogP contribution in [0.2, 0.25) is 10.0 Å². The minimum atomic E-state index is -1.01. The molecule has 2 heterocycles. The third-order valence-corrected chi connectivity index (χ3v) is 6.57. The van der Waals surface area contributed by atoms with Crippen LogP contribution in [0.5, 0.6) is 0 Å². The molecule has 3 aromatic rings. The van der Waals surface area contributed by atoms with E-state index >= 15 is 0 Å². The highest BCUT2D eigenvalue weighted by Gasteiger charge is 2.38. The van der Waals surface area contributed by atoms with Crippen molar-refractivity contribution in [3.63, 3.8) is 0 Å². The Balaban J connectivity index is 1.61. The number of halogens is 2. The summed E-state index contributed by atoms with van der Waals surface area (Å²) in [6.45, 7) is 0.253. The van der Waals surface area contributed by atoms with E-state index in [-0.39, 0.29) is 23.3 Å². The van der Waals surface area contributed by atoms with E-state index in [1.165, 1.54) is 23.9 Å². The van der Waals surface area contributed by atoms with Crippen molar-refractivity contribution < 1.29 is 19.1 Å². The Kier molecular flexibility index (Phi) is 6.36. The van der Waals surface area contributed by atoms with Crippen LogP contribution in [-0.2, 0) is 17.8 Å². The van der Waals surface area contributed by atoms with Crippen molar-refractivity contribution in [3.05, 3.63) is 87.8 Å². The zero-order valence-electron chi connectivity index (χ0n) is 16.0. The number of hydrogen-bond acceptors (Lipinski definition) is 5. The van der Waals surface area contributed by atoms with Crippen molar-refractivity contribution in [1.82, 2.24) is 4.90 Å². The van der Waals surface area contributed by atoms with Crippen molar-refractivity contribution in [2.75, 3.05) is 0 Å². The molecule has 1 saturated heterocycles. The van der Waals surface area contributed by atoms with Gasteiger partial charge in [-0.15, -0.1) is 0 Å². The molecule has 0 spiro atoms. The third-order valence-electron chi connectivity index (χ3n) is 4.66. The van der Waals surface area contributed by atoms with Gasteiger partial charge in [0.25, 0.3) is 0 Å². The molecule has 1 N–H and O–H groups in total. The van der Waals surface area contributed by atoms with Gasteiger partial charge in [0.05, 0.1) is 39.4 Å². The summed E-state index contributed by atoms with van der Waals surface area (Å²) < 4.78 is 5.41. The number of carbonyl (C=O) groups is 2. The first-order valence-electron chi connectivity index (χ1n) is 9.27. The second-order valence-electron chi connectivity index (χ2n) is 6.81. The Morgan fingerprint density at radius 2 is 1.90 bits per heavy atom. The monoisotopic (exact) mass is 474 g/mol. The van der Waals surface area contributed by atoms with Crippen LogP contribution < -0.4 is 0 Å². The Bertz CT molecular complexity index is 1150. The fraction of sp³-hybridized carbons (Fsp3) is 0.136. The molecule has 31 heavy (non-hydrogen) atoms. The van der Waals surface area contributed by atoms with Gasteiger partial charge in [-0.05, 0) is 60.5 Å². The lowest BCUT2D eigenvalue weighted by atomic mass is 10.1. The van der Waals surface area contributed by atoms with Crippen molar-refractivity contribution in [3.8, 4) is 0 Å². The number of aliphatic imine (C=N–C) groups is 1. The van der Waals surface area contributed by atoms with Gasteiger partial charge in [-0.3, -0.25) is 9.69 Å². The molecule has 1 atom stereocenters. The molecule has 1 aliphatic heterocycles. The van der Waals surface area contributed by atoms with E-state index in [1.807, 2.05) is 6.07 Å². The van der Waals surface area contributed by atoms with Gasteiger partial charge in [-0.1, -0.05) is 41.0 Å². The lowest BCUT2D eigenvalue weighted by Crippen LogP contribution is -2.32. The summed E-state index contributed by atoms with van der Waals surface area (Å²) >= 11 is 13.5. The van der Waals surface area contributed by atoms with E-state index in [0.29, 0.717) is 33.1 Å². The van der Waals surface area contributed by atoms with Crippen molar-refractivity contribution in [2.24, 2.45) is 4.99 Å². The molecule has 2 aromatic carbocycles. The van der Waals surface area contributed by atoms with Crippen LogP contribution in [0.15, 0.2) is 70.3 Å². The summed E-state index contributed by atoms with van der Waals surface area (Å²) in [6, 6.07) is 15.1. The number of furan rings is 1. The number of benzene rings is 2. The van der Waals surface area contributed by atoms with Gasteiger partial charge in [-0.25, -0.2) is 9.79 Å². The molecule has 0 saturated carbocycles. The number of hydrogen-bond donors (Lipinski definition) is 1. The van der Waals surface area contributed by atoms with Crippen LogP contribution in [0.3, 0.4) is 0 Å². The van der Waals surface area contributed by atoms with Crippen molar-refractivity contribution in [2.45, 2.75) is 18.2 Å². The molecule has 1 aromatic heterocycles. The molecule has 0 radical (unpaired) electrons. The highest BCUT2D eigenvalue weighted by molar-refractivity contribution is 8.15. The predicted molar refractivity (Wildman–Crippen MR) is 121 cm³/mol. The molecule has 6 nitrogen and oxygen atoms in total. The van der Waals surface area contributed by atoms with E-state index < -0.39 is 5.97 Å². The smallest absolute Gasteiger partial charge is 0.335 e. The number of nitrogens with zero attached hydrogens (tertiary/aromatic N) is 2. The molecule has 1 amide bonds. The van der Waals surface area contributed by atoms with Crippen molar-refractivity contribution in [1.29, 1.82) is 0 Å². The quantitative estimate of drug-likeness (QED) is 0.498. The third kappa shape index (κ3) is 4.95. The lowest BCUT2D eigenvalue weighted by molar-refractivity contribution is -0.126. The lowest BCUT2D eigenvalue weighted by Gasteiger charge is -2.15. The number of carboxylic acids is 1. The van der Waals surface area contributed by atoms with Gasteiger partial charge >= 0.3 is 5.97 Å². The zero-order valence-corrected chi connectivity index (χ0v) is 18.3. The number of carbonyl (C=O) groups excluding carboxylic acids is 1. The second kappa shape index (κ2) is 9.18. The van der Waals surface area contributed by atoms with Gasteiger partial charge in [0.1, 0.15) is 5.76 Å². The Hall–Kier alpha value is -2.74. The Morgan fingerprint density at radius 3 is 2.55 bits per heavy atom. The van der Waals surface area contributed by atoms with Crippen LogP contribution in [-0.4, -0.2) is 32.3 Å². The fourth-order valence-electron chi connectivity index (χ4n) is 3.10. The molecule has 0 aliphatic carbocycles.